The van der Waals surface area contributed by atoms with Crippen LogP contribution in [0.4, 0.5) is 0 Å². The van der Waals surface area contributed by atoms with Crippen molar-refractivity contribution in [3.8, 4) is 0 Å². The summed E-state index contributed by atoms with van der Waals surface area (Å²) < 4.78 is 0. The zero-order valence-electron chi connectivity index (χ0n) is 11.2. The van der Waals surface area contributed by atoms with Gasteiger partial charge in [-0.3, -0.25) is 0 Å². The fourth-order valence-electron chi connectivity index (χ4n) is 4.99. The average Bonchev–Trinajstić information content (AvgIpc) is 2.96. The highest BCUT2D eigenvalue weighted by atomic mass is 16.3. The molecular formula is C15H27NO. The van der Waals surface area contributed by atoms with Crippen LogP contribution in [0.3, 0.4) is 0 Å². The number of nitrogens with one attached hydrogen (secondary N) is 1. The van der Waals surface area contributed by atoms with E-state index in [1.165, 1.54) is 32.1 Å². The zero-order valence-corrected chi connectivity index (χ0v) is 11.2. The molecule has 5 unspecified atom stereocenters. The summed E-state index contributed by atoms with van der Waals surface area (Å²) in [5, 5.41) is 13.2. The van der Waals surface area contributed by atoms with Gasteiger partial charge in [0.15, 0.2) is 0 Å². The predicted octanol–water partition coefficient (Wildman–Crippen LogP) is 2.42. The van der Waals surface area contributed by atoms with Crippen LogP contribution >= 0.6 is 0 Å². The van der Waals surface area contributed by atoms with Gasteiger partial charge in [0.05, 0.1) is 6.61 Å². The van der Waals surface area contributed by atoms with E-state index in [0.29, 0.717) is 24.6 Å². The number of aliphatic hydroxyl groups excluding tert-OH is 1. The Balaban J connectivity index is 1.63. The van der Waals surface area contributed by atoms with E-state index in [1.807, 2.05) is 0 Å². The first kappa shape index (κ1) is 12.0. The van der Waals surface area contributed by atoms with Crippen LogP contribution in [0, 0.1) is 29.6 Å². The molecule has 3 rings (SSSR count). The molecule has 2 bridgehead atoms. The van der Waals surface area contributed by atoms with Crippen molar-refractivity contribution in [2.75, 3.05) is 6.61 Å². The molecule has 0 spiro atoms. The molecule has 6 atom stereocenters. The molecule has 2 heteroatoms. The Morgan fingerprint density at radius 3 is 2.59 bits per heavy atom. The molecule has 0 aromatic rings. The topological polar surface area (TPSA) is 32.3 Å². The first-order valence-electron chi connectivity index (χ1n) is 7.57. The third kappa shape index (κ3) is 1.94. The fourth-order valence-corrected chi connectivity index (χ4v) is 4.99. The second-order valence-corrected chi connectivity index (χ2v) is 6.96. The SMILES string of the molecule is CC(C)[C@@H](CO)NC1CC2CC1C1CCCC21. The van der Waals surface area contributed by atoms with Gasteiger partial charge >= 0.3 is 0 Å². The van der Waals surface area contributed by atoms with E-state index in [-0.39, 0.29) is 0 Å². The van der Waals surface area contributed by atoms with E-state index in [0.717, 1.165) is 23.7 Å². The maximum absolute atomic E-state index is 9.45. The first-order chi connectivity index (χ1) is 8.20. The van der Waals surface area contributed by atoms with Gasteiger partial charge in [-0.15, -0.1) is 0 Å². The van der Waals surface area contributed by atoms with Crippen molar-refractivity contribution in [3.05, 3.63) is 0 Å². The highest BCUT2D eigenvalue weighted by Crippen LogP contribution is 2.58. The normalized spacial score (nSPS) is 45.5. The minimum atomic E-state index is 0.291. The second kappa shape index (κ2) is 4.55. The van der Waals surface area contributed by atoms with Gasteiger partial charge < -0.3 is 10.4 Å². The fraction of sp³-hybridized carbons (Fsp3) is 1.00. The van der Waals surface area contributed by atoms with Crippen LogP contribution in [0.15, 0.2) is 0 Å². The zero-order chi connectivity index (χ0) is 12.0. The Kier molecular flexibility index (Phi) is 3.20. The number of fused-ring (bicyclic) bond motifs is 5. The van der Waals surface area contributed by atoms with E-state index in [9.17, 15) is 5.11 Å². The van der Waals surface area contributed by atoms with Crippen LogP contribution in [0.25, 0.3) is 0 Å². The molecule has 3 fully saturated rings. The van der Waals surface area contributed by atoms with Crippen molar-refractivity contribution in [3.63, 3.8) is 0 Å². The number of aliphatic hydroxyl groups is 1. The molecule has 0 heterocycles. The quantitative estimate of drug-likeness (QED) is 0.787. The summed E-state index contributed by atoms with van der Waals surface area (Å²) in [6.07, 6.45) is 7.32. The van der Waals surface area contributed by atoms with Crippen molar-refractivity contribution < 1.29 is 5.11 Å². The lowest BCUT2D eigenvalue weighted by Gasteiger charge is -2.35. The Bertz CT molecular complexity index is 278. The predicted molar refractivity (Wildman–Crippen MR) is 69.7 cm³/mol. The van der Waals surface area contributed by atoms with Crippen LogP contribution in [0.5, 0.6) is 0 Å². The number of hydrogen-bond acceptors (Lipinski definition) is 2. The Morgan fingerprint density at radius 1 is 1.12 bits per heavy atom. The summed E-state index contributed by atoms with van der Waals surface area (Å²) in [6, 6.07) is 1.01. The van der Waals surface area contributed by atoms with Crippen molar-refractivity contribution in [2.45, 2.75) is 58.0 Å². The van der Waals surface area contributed by atoms with E-state index >= 15 is 0 Å². The Labute approximate surface area is 105 Å². The Morgan fingerprint density at radius 2 is 1.88 bits per heavy atom. The van der Waals surface area contributed by atoms with Gasteiger partial charge in [-0.1, -0.05) is 20.3 Å². The van der Waals surface area contributed by atoms with E-state index in [1.54, 1.807) is 0 Å². The lowest BCUT2D eigenvalue weighted by molar-refractivity contribution is 0.152. The van der Waals surface area contributed by atoms with Gasteiger partial charge in [-0.05, 0) is 55.3 Å². The van der Waals surface area contributed by atoms with Gasteiger partial charge in [-0.25, -0.2) is 0 Å². The number of rotatable bonds is 4. The molecule has 0 aliphatic heterocycles. The third-order valence-electron chi connectivity index (χ3n) is 5.86. The molecular weight excluding hydrogens is 210 g/mol. The molecule has 2 N–H and O–H groups in total. The second-order valence-electron chi connectivity index (χ2n) is 6.96. The van der Waals surface area contributed by atoms with Crippen LogP contribution in [0.2, 0.25) is 0 Å². The van der Waals surface area contributed by atoms with Gasteiger partial charge in [0.25, 0.3) is 0 Å². The molecule has 0 aromatic heterocycles. The van der Waals surface area contributed by atoms with E-state index in [4.69, 9.17) is 0 Å². The highest BCUT2D eigenvalue weighted by molar-refractivity contribution is 5.06. The van der Waals surface area contributed by atoms with Gasteiger partial charge in [-0.2, -0.15) is 0 Å². The molecule has 0 saturated heterocycles. The molecule has 3 aliphatic carbocycles. The minimum absolute atomic E-state index is 0.291. The van der Waals surface area contributed by atoms with Crippen molar-refractivity contribution in [1.29, 1.82) is 0 Å². The van der Waals surface area contributed by atoms with Crippen molar-refractivity contribution >= 4 is 0 Å². The third-order valence-corrected chi connectivity index (χ3v) is 5.86. The summed E-state index contributed by atoms with van der Waals surface area (Å²) in [4.78, 5) is 0. The molecule has 3 saturated carbocycles. The lowest BCUT2D eigenvalue weighted by atomic mass is 9.78. The molecule has 17 heavy (non-hydrogen) atoms. The molecule has 0 aromatic carbocycles. The van der Waals surface area contributed by atoms with Crippen LogP contribution in [-0.2, 0) is 0 Å². The van der Waals surface area contributed by atoms with Gasteiger partial charge in [0, 0.05) is 12.1 Å². The highest BCUT2D eigenvalue weighted by Gasteiger charge is 2.53. The first-order valence-corrected chi connectivity index (χ1v) is 7.57. The molecule has 2 nitrogen and oxygen atoms in total. The summed E-state index contributed by atoms with van der Waals surface area (Å²) in [5.41, 5.74) is 0. The molecule has 0 radical (unpaired) electrons. The molecule has 98 valence electrons. The average molecular weight is 237 g/mol. The van der Waals surface area contributed by atoms with Crippen molar-refractivity contribution in [1.82, 2.24) is 5.32 Å². The molecule has 3 aliphatic rings. The smallest absolute Gasteiger partial charge is 0.0587 e. The van der Waals surface area contributed by atoms with Crippen LogP contribution in [-0.4, -0.2) is 23.8 Å². The summed E-state index contributed by atoms with van der Waals surface area (Å²) >= 11 is 0. The van der Waals surface area contributed by atoms with E-state index in [2.05, 4.69) is 19.2 Å². The summed E-state index contributed by atoms with van der Waals surface area (Å²) in [7, 11) is 0. The largest absolute Gasteiger partial charge is 0.395 e. The van der Waals surface area contributed by atoms with E-state index < -0.39 is 0 Å². The molecule has 0 amide bonds. The Hall–Kier alpha value is -0.0800. The summed E-state index contributed by atoms with van der Waals surface area (Å²) in [5.74, 6) is 4.58. The van der Waals surface area contributed by atoms with Gasteiger partial charge in [0.1, 0.15) is 0 Å². The monoisotopic (exact) mass is 237 g/mol. The van der Waals surface area contributed by atoms with Crippen LogP contribution < -0.4 is 5.32 Å². The standard InChI is InChI=1S/C15H27NO/c1-9(2)15(8-17)16-14-7-10-6-13(14)12-5-3-4-11(10)12/h9-17H,3-8H2,1-2H3/t10?,11?,12?,13?,14?,15-/m1/s1. The van der Waals surface area contributed by atoms with Crippen molar-refractivity contribution in [2.24, 2.45) is 29.6 Å². The van der Waals surface area contributed by atoms with Crippen LogP contribution in [0.1, 0.15) is 46.0 Å². The minimum Gasteiger partial charge on any atom is -0.395 e. The lowest BCUT2D eigenvalue weighted by Crippen LogP contribution is -2.48. The number of hydrogen-bond donors (Lipinski definition) is 2. The summed E-state index contributed by atoms with van der Waals surface area (Å²) in [6.45, 7) is 4.71. The maximum atomic E-state index is 9.45. The maximum Gasteiger partial charge on any atom is 0.0587 e. The van der Waals surface area contributed by atoms with Gasteiger partial charge in [0.2, 0.25) is 0 Å².